The van der Waals surface area contributed by atoms with Gasteiger partial charge in [-0.1, -0.05) is 18.2 Å². The number of nitro benzene ring substituents is 1. The number of nitro groups is 1. The first-order valence-corrected chi connectivity index (χ1v) is 6.87. The van der Waals surface area contributed by atoms with Gasteiger partial charge < -0.3 is 5.32 Å². The number of carbonyl (C=O) groups excluding carboxylic acids is 1. The first-order valence-electron chi connectivity index (χ1n) is 6.87. The molecule has 0 heterocycles. The highest BCUT2D eigenvalue weighted by atomic mass is 16.6. The van der Waals surface area contributed by atoms with Gasteiger partial charge in [-0.3, -0.25) is 14.9 Å². The number of rotatable bonds is 3. The second-order valence-electron chi connectivity index (χ2n) is 5.53. The smallest absolute Gasteiger partial charge is 0.271 e. The molecule has 3 aliphatic rings. The van der Waals surface area contributed by atoms with Gasteiger partial charge in [0.25, 0.3) is 5.69 Å². The number of nitrogens with zero attached hydrogens (tertiary/aromatic N) is 1. The number of amides is 1. The van der Waals surface area contributed by atoms with E-state index in [1.165, 1.54) is 18.6 Å². The van der Waals surface area contributed by atoms with Crippen molar-refractivity contribution < 1.29 is 9.72 Å². The van der Waals surface area contributed by atoms with Crippen LogP contribution in [0, 0.1) is 27.9 Å². The molecule has 1 amide bonds. The Kier molecular flexibility index (Phi) is 3.26. The van der Waals surface area contributed by atoms with Crippen molar-refractivity contribution in [1.82, 2.24) is 0 Å². The van der Waals surface area contributed by atoms with Gasteiger partial charge in [0.05, 0.1) is 4.92 Å². The normalized spacial score (nSPS) is 27.3. The van der Waals surface area contributed by atoms with Gasteiger partial charge >= 0.3 is 0 Å². The third kappa shape index (κ3) is 2.43. The van der Waals surface area contributed by atoms with E-state index in [0.717, 1.165) is 12.8 Å². The fourth-order valence-electron chi connectivity index (χ4n) is 3.17. The van der Waals surface area contributed by atoms with Crippen LogP contribution in [0.5, 0.6) is 0 Å². The van der Waals surface area contributed by atoms with Crippen molar-refractivity contribution in [3.8, 4) is 0 Å². The molecule has 0 radical (unpaired) electrons. The van der Waals surface area contributed by atoms with Gasteiger partial charge in [-0.15, -0.1) is 0 Å². The third-order valence-corrected chi connectivity index (χ3v) is 4.24. The Labute approximate surface area is 116 Å². The topological polar surface area (TPSA) is 72.2 Å². The van der Waals surface area contributed by atoms with Crippen LogP contribution in [-0.4, -0.2) is 10.8 Å². The number of non-ortho nitro benzene ring substituents is 1. The summed E-state index contributed by atoms with van der Waals surface area (Å²) in [5.41, 5.74) is 0.488. The van der Waals surface area contributed by atoms with Crippen molar-refractivity contribution in [3.63, 3.8) is 0 Å². The van der Waals surface area contributed by atoms with E-state index in [2.05, 4.69) is 17.5 Å². The molecular weight excluding hydrogens is 256 g/mol. The molecule has 5 nitrogen and oxygen atoms in total. The number of carbonyl (C=O) groups is 1. The Bertz CT molecular complexity index is 582. The highest BCUT2D eigenvalue weighted by molar-refractivity contribution is 5.93. The Morgan fingerprint density at radius 1 is 1.30 bits per heavy atom. The molecular formula is C15H16N2O3. The highest BCUT2D eigenvalue weighted by Gasteiger charge is 2.36. The number of anilines is 1. The van der Waals surface area contributed by atoms with E-state index in [1.807, 2.05) is 0 Å². The predicted molar refractivity (Wildman–Crippen MR) is 75.2 cm³/mol. The molecule has 5 heteroatoms. The maximum absolute atomic E-state index is 12.3. The number of allylic oxidation sites excluding steroid dienone is 2. The second kappa shape index (κ2) is 5.07. The molecule has 2 bridgehead atoms. The molecule has 1 aromatic carbocycles. The molecule has 1 aromatic rings. The molecule has 104 valence electrons. The lowest BCUT2D eigenvalue weighted by atomic mass is 9.69. The minimum Gasteiger partial charge on any atom is -0.326 e. The summed E-state index contributed by atoms with van der Waals surface area (Å²) < 4.78 is 0. The minimum atomic E-state index is -0.457. The van der Waals surface area contributed by atoms with Crippen LogP contribution in [0.2, 0.25) is 0 Å². The Hall–Kier alpha value is -2.17. The van der Waals surface area contributed by atoms with Crippen molar-refractivity contribution in [1.29, 1.82) is 0 Å². The lowest BCUT2D eigenvalue weighted by Crippen LogP contribution is -2.36. The molecule has 0 spiro atoms. The van der Waals surface area contributed by atoms with Gasteiger partial charge in [0.2, 0.25) is 5.91 Å². The zero-order valence-electron chi connectivity index (χ0n) is 11.0. The lowest BCUT2D eigenvalue weighted by Gasteiger charge is -2.36. The number of nitrogens with one attached hydrogen (secondary N) is 1. The molecule has 1 fully saturated rings. The molecule has 0 unspecified atom stereocenters. The molecule has 3 atom stereocenters. The average Bonchev–Trinajstić information content (AvgIpc) is 2.48. The van der Waals surface area contributed by atoms with E-state index in [0.29, 0.717) is 17.5 Å². The number of fused-ring (bicyclic) bond motifs is 2. The van der Waals surface area contributed by atoms with Crippen LogP contribution in [0.4, 0.5) is 11.4 Å². The zero-order valence-corrected chi connectivity index (χ0v) is 11.0. The van der Waals surface area contributed by atoms with E-state index >= 15 is 0 Å². The summed E-state index contributed by atoms with van der Waals surface area (Å²) in [6.45, 7) is 0. The SMILES string of the molecule is O=C(Nc1cccc([N+](=O)[O-])c1)[C@H]1C[C@@H]2C=C[C@H]1CC2. The summed E-state index contributed by atoms with van der Waals surface area (Å²) in [6, 6.07) is 6.08. The maximum Gasteiger partial charge on any atom is 0.271 e. The summed E-state index contributed by atoms with van der Waals surface area (Å²) in [5, 5.41) is 13.5. The third-order valence-electron chi connectivity index (χ3n) is 4.24. The van der Waals surface area contributed by atoms with Crippen molar-refractivity contribution >= 4 is 17.3 Å². The van der Waals surface area contributed by atoms with Crippen LogP contribution in [0.15, 0.2) is 36.4 Å². The Balaban J connectivity index is 1.72. The molecule has 0 aliphatic heterocycles. The predicted octanol–water partition coefficient (Wildman–Crippen LogP) is 3.14. The zero-order chi connectivity index (χ0) is 14.1. The van der Waals surface area contributed by atoms with Crippen LogP contribution >= 0.6 is 0 Å². The van der Waals surface area contributed by atoms with E-state index < -0.39 is 4.92 Å². The van der Waals surface area contributed by atoms with Crippen LogP contribution in [0.3, 0.4) is 0 Å². The number of hydrogen-bond donors (Lipinski definition) is 1. The Morgan fingerprint density at radius 2 is 2.15 bits per heavy atom. The number of hydrogen-bond acceptors (Lipinski definition) is 3. The fraction of sp³-hybridized carbons (Fsp3) is 0.400. The summed E-state index contributed by atoms with van der Waals surface area (Å²) >= 11 is 0. The van der Waals surface area contributed by atoms with Gasteiger partial charge in [-0.25, -0.2) is 0 Å². The summed E-state index contributed by atoms with van der Waals surface area (Å²) in [7, 11) is 0. The van der Waals surface area contributed by atoms with E-state index in [4.69, 9.17) is 0 Å². The van der Waals surface area contributed by atoms with E-state index in [1.54, 1.807) is 12.1 Å². The Morgan fingerprint density at radius 3 is 2.75 bits per heavy atom. The highest BCUT2D eigenvalue weighted by Crippen LogP contribution is 2.40. The maximum atomic E-state index is 12.3. The molecule has 3 aliphatic carbocycles. The first kappa shape index (κ1) is 12.8. The number of benzene rings is 1. The van der Waals surface area contributed by atoms with E-state index in [9.17, 15) is 14.9 Å². The van der Waals surface area contributed by atoms with Crippen molar-refractivity contribution in [2.75, 3.05) is 5.32 Å². The van der Waals surface area contributed by atoms with Gasteiger partial charge in [0, 0.05) is 23.7 Å². The average molecular weight is 272 g/mol. The summed E-state index contributed by atoms with van der Waals surface area (Å²) in [5.74, 6) is 0.808. The molecule has 0 aromatic heterocycles. The molecule has 1 saturated carbocycles. The van der Waals surface area contributed by atoms with Crippen molar-refractivity contribution in [2.45, 2.75) is 19.3 Å². The largest absolute Gasteiger partial charge is 0.326 e. The monoisotopic (exact) mass is 272 g/mol. The molecule has 0 saturated heterocycles. The van der Waals surface area contributed by atoms with Crippen LogP contribution in [-0.2, 0) is 4.79 Å². The first-order chi connectivity index (χ1) is 9.63. The summed E-state index contributed by atoms with van der Waals surface area (Å²) in [6.07, 6.45) is 7.48. The van der Waals surface area contributed by atoms with Crippen LogP contribution in [0.25, 0.3) is 0 Å². The molecule has 20 heavy (non-hydrogen) atoms. The quantitative estimate of drug-likeness (QED) is 0.522. The van der Waals surface area contributed by atoms with Gasteiger partial charge in [0.15, 0.2) is 0 Å². The van der Waals surface area contributed by atoms with Gasteiger partial charge in [-0.2, -0.15) is 0 Å². The van der Waals surface area contributed by atoms with Crippen molar-refractivity contribution in [3.05, 3.63) is 46.5 Å². The van der Waals surface area contributed by atoms with Gasteiger partial charge in [-0.05, 0) is 37.2 Å². The van der Waals surface area contributed by atoms with E-state index in [-0.39, 0.29) is 17.5 Å². The molecule has 1 N–H and O–H groups in total. The van der Waals surface area contributed by atoms with Gasteiger partial charge in [0.1, 0.15) is 0 Å². The second-order valence-corrected chi connectivity index (χ2v) is 5.53. The lowest BCUT2D eigenvalue weighted by molar-refractivity contribution is -0.384. The van der Waals surface area contributed by atoms with Crippen LogP contribution < -0.4 is 5.32 Å². The fourth-order valence-corrected chi connectivity index (χ4v) is 3.17. The molecule has 4 rings (SSSR count). The summed E-state index contributed by atoms with van der Waals surface area (Å²) in [4.78, 5) is 22.6. The minimum absolute atomic E-state index is 0.00184. The standard InChI is InChI=1S/C15H16N2O3/c18-15(14-8-10-4-6-11(14)7-5-10)16-12-2-1-3-13(9-12)17(19)20/h1-4,6,9-11,14H,5,7-8H2,(H,16,18)/t10-,11+,14+/m1/s1. The van der Waals surface area contributed by atoms with Crippen molar-refractivity contribution in [2.24, 2.45) is 17.8 Å². The van der Waals surface area contributed by atoms with Crippen LogP contribution in [0.1, 0.15) is 19.3 Å².